The minimum absolute atomic E-state index is 0.0926. The van der Waals surface area contributed by atoms with Gasteiger partial charge in [-0.2, -0.15) is 0 Å². The number of nitrogen functional groups attached to an aromatic ring is 1. The summed E-state index contributed by atoms with van der Waals surface area (Å²) in [6, 6.07) is 2.05. The Morgan fingerprint density at radius 3 is 2.53 bits per heavy atom. The maximum Gasteiger partial charge on any atom is 0.200 e. The van der Waals surface area contributed by atoms with Crippen LogP contribution in [0.3, 0.4) is 0 Å². The van der Waals surface area contributed by atoms with Crippen molar-refractivity contribution >= 4 is 5.95 Å². The molecule has 0 radical (unpaired) electrons. The fourth-order valence-corrected chi connectivity index (χ4v) is 1.56. The molecule has 0 spiro atoms. The van der Waals surface area contributed by atoms with E-state index in [1.807, 2.05) is 0 Å². The van der Waals surface area contributed by atoms with Crippen LogP contribution >= 0.6 is 0 Å². The Morgan fingerprint density at radius 1 is 1.29 bits per heavy atom. The molecule has 0 bridgehead atoms. The molecule has 90 valence electrons. The number of anilines is 1. The highest BCUT2D eigenvalue weighted by molar-refractivity contribution is 5.63. The molecule has 0 aliphatic carbocycles. The number of nitrogens with zero attached hydrogens (tertiary/aromatic N) is 2. The molecule has 2 aromatic rings. The fraction of sp³-hybridized carbons (Fsp3) is 0.182. The lowest BCUT2D eigenvalue weighted by atomic mass is 10.1. The van der Waals surface area contributed by atoms with E-state index in [2.05, 4.69) is 9.72 Å². The van der Waals surface area contributed by atoms with E-state index < -0.39 is 11.6 Å². The van der Waals surface area contributed by atoms with Crippen LogP contribution in [0.1, 0.15) is 0 Å². The van der Waals surface area contributed by atoms with Crippen LogP contribution < -0.4 is 10.5 Å². The summed E-state index contributed by atoms with van der Waals surface area (Å²) >= 11 is 0. The first-order valence-electron chi connectivity index (χ1n) is 4.85. The summed E-state index contributed by atoms with van der Waals surface area (Å²) < 4.78 is 33.4. The predicted octanol–water partition coefficient (Wildman–Crippen LogP) is 1.96. The summed E-state index contributed by atoms with van der Waals surface area (Å²) in [4.78, 5) is 3.83. The second-order valence-corrected chi connectivity index (χ2v) is 3.53. The average Bonchev–Trinajstić information content (AvgIpc) is 2.63. The second kappa shape index (κ2) is 4.04. The smallest absolute Gasteiger partial charge is 0.200 e. The predicted molar refractivity (Wildman–Crippen MR) is 59.5 cm³/mol. The summed E-state index contributed by atoms with van der Waals surface area (Å²) in [5.74, 6) is -1.13. The Labute approximate surface area is 96.6 Å². The Balaban J connectivity index is 2.60. The van der Waals surface area contributed by atoms with Crippen LogP contribution in [0.2, 0.25) is 0 Å². The largest absolute Gasteiger partial charge is 0.494 e. The van der Waals surface area contributed by atoms with Gasteiger partial charge in [0.15, 0.2) is 17.5 Å². The van der Waals surface area contributed by atoms with Crippen molar-refractivity contribution in [2.75, 3.05) is 12.8 Å². The highest BCUT2D eigenvalue weighted by Crippen LogP contribution is 2.29. The number of nitrogens with two attached hydrogens (primary N) is 1. The molecular weight excluding hydrogens is 228 g/mol. The molecule has 2 rings (SSSR count). The van der Waals surface area contributed by atoms with E-state index in [4.69, 9.17) is 5.73 Å². The van der Waals surface area contributed by atoms with Crippen LogP contribution in [0.4, 0.5) is 14.7 Å². The van der Waals surface area contributed by atoms with Crippen LogP contribution in [0.15, 0.2) is 18.3 Å². The number of halogens is 2. The molecule has 1 aromatic carbocycles. The standard InChI is InChI=1S/C11H11F2N3O/c1-16-9(5-15-11(16)14)6-3-8(13)10(17-2)4-7(6)12/h3-5H,1-2H3,(H2,14,15). The lowest BCUT2D eigenvalue weighted by Gasteiger charge is -2.08. The van der Waals surface area contributed by atoms with Gasteiger partial charge in [-0.3, -0.25) is 0 Å². The van der Waals surface area contributed by atoms with Gasteiger partial charge in [0.05, 0.1) is 19.0 Å². The number of aromatic nitrogens is 2. The molecule has 0 aliphatic rings. The number of imidazole rings is 1. The monoisotopic (exact) mass is 239 g/mol. The van der Waals surface area contributed by atoms with Crippen molar-refractivity contribution in [3.05, 3.63) is 30.0 Å². The number of rotatable bonds is 2. The zero-order valence-electron chi connectivity index (χ0n) is 9.37. The average molecular weight is 239 g/mol. The summed E-state index contributed by atoms with van der Waals surface area (Å²) in [7, 11) is 2.90. The molecular formula is C11H11F2N3O. The minimum atomic E-state index is -0.635. The van der Waals surface area contributed by atoms with E-state index in [1.165, 1.54) is 17.9 Å². The zero-order valence-corrected chi connectivity index (χ0v) is 9.37. The molecule has 1 aromatic heterocycles. The van der Waals surface area contributed by atoms with Crippen molar-refractivity contribution in [1.82, 2.24) is 9.55 Å². The van der Waals surface area contributed by atoms with E-state index in [9.17, 15) is 8.78 Å². The summed E-state index contributed by atoms with van der Waals surface area (Å²) in [6.07, 6.45) is 1.39. The van der Waals surface area contributed by atoms with E-state index in [-0.39, 0.29) is 17.3 Å². The summed E-state index contributed by atoms with van der Waals surface area (Å²) in [5, 5.41) is 0. The van der Waals surface area contributed by atoms with Gasteiger partial charge in [0.2, 0.25) is 0 Å². The van der Waals surface area contributed by atoms with Crippen LogP contribution in [0, 0.1) is 11.6 Å². The third kappa shape index (κ3) is 1.82. The third-order valence-corrected chi connectivity index (χ3v) is 2.54. The first-order chi connectivity index (χ1) is 8.04. The number of benzene rings is 1. The molecule has 0 amide bonds. The van der Waals surface area contributed by atoms with Crippen molar-refractivity contribution in [2.24, 2.45) is 7.05 Å². The Hall–Kier alpha value is -2.11. The number of methoxy groups -OCH3 is 1. The van der Waals surface area contributed by atoms with Gasteiger partial charge < -0.3 is 15.0 Å². The van der Waals surface area contributed by atoms with Gasteiger partial charge in [-0.25, -0.2) is 13.8 Å². The van der Waals surface area contributed by atoms with Gasteiger partial charge in [-0.15, -0.1) is 0 Å². The normalized spacial score (nSPS) is 10.6. The van der Waals surface area contributed by atoms with E-state index in [1.54, 1.807) is 7.05 Å². The maximum atomic E-state index is 13.8. The van der Waals surface area contributed by atoms with Gasteiger partial charge in [0.1, 0.15) is 5.82 Å². The van der Waals surface area contributed by atoms with Crippen LogP contribution in [0.25, 0.3) is 11.3 Å². The number of ether oxygens (including phenoxy) is 1. The van der Waals surface area contributed by atoms with Crippen LogP contribution in [0.5, 0.6) is 5.75 Å². The molecule has 0 fully saturated rings. The molecule has 0 atom stereocenters. The topological polar surface area (TPSA) is 53.1 Å². The van der Waals surface area contributed by atoms with Gasteiger partial charge in [-0.05, 0) is 6.07 Å². The maximum absolute atomic E-state index is 13.8. The zero-order chi connectivity index (χ0) is 12.6. The van der Waals surface area contributed by atoms with E-state index in [0.717, 1.165) is 12.1 Å². The lowest BCUT2D eigenvalue weighted by Crippen LogP contribution is -2.00. The molecule has 0 aliphatic heterocycles. The summed E-state index contributed by atoms with van der Waals surface area (Å²) in [5.41, 5.74) is 6.03. The van der Waals surface area contributed by atoms with E-state index in [0.29, 0.717) is 5.69 Å². The fourth-order valence-electron chi connectivity index (χ4n) is 1.56. The second-order valence-electron chi connectivity index (χ2n) is 3.53. The van der Waals surface area contributed by atoms with Crippen molar-refractivity contribution < 1.29 is 13.5 Å². The number of hydrogen-bond acceptors (Lipinski definition) is 3. The molecule has 0 unspecified atom stereocenters. The number of hydrogen-bond donors (Lipinski definition) is 1. The molecule has 2 N–H and O–H groups in total. The van der Waals surface area contributed by atoms with Crippen molar-refractivity contribution in [2.45, 2.75) is 0 Å². The van der Waals surface area contributed by atoms with Gasteiger partial charge in [-0.1, -0.05) is 0 Å². The van der Waals surface area contributed by atoms with Crippen LogP contribution in [-0.2, 0) is 7.05 Å². The Kier molecular flexibility index (Phi) is 2.71. The third-order valence-electron chi connectivity index (χ3n) is 2.54. The molecule has 6 heteroatoms. The highest BCUT2D eigenvalue weighted by Gasteiger charge is 2.15. The molecule has 17 heavy (non-hydrogen) atoms. The Bertz CT molecular complexity index is 566. The van der Waals surface area contributed by atoms with Gasteiger partial charge in [0, 0.05) is 18.7 Å². The lowest BCUT2D eigenvalue weighted by molar-refractivity contribution is 0.383. The highest BCUT2D eigenvalue weighted by atomic mass is 19.1. The SMILES string of the molecule is COc1cc(F)c(-c2cnc(N)n2C)cc1F. The van der Waals surface area contributed by atoms with Crippen molar-refractivity contribution in [3.8, 4) is 17.0 Å². The van der Waals surface area contributed by atoms with Crippen molar-refractivity contribution in [3.63, 3.8) is 0 Å². The molecule has 1 heterocycles. The first kappa shape index (κ1) is 11.4. The molecule has 4 nitrogen and oxygen atoms in total. The van der Waals surface area contributed by atoms with Gasteiger partial charge in [0.25, 0.3) is 0 Å². The molecule has 0 saturated heterocycles. The minimum Gasteiger partial charge on any atom is -0.494 e. The Morgan fingerprint density at radius 2 is 2.00 bits per heavy atom. The quantitative estimate of drug-likeness (QED) is 0.871. The summed E-state index contributed by atoms with van der Waals surface area (Å²) in [6.45, 7) is 0. The van der Waals surface area contributed by atoms with Gasteiger partial charge >= 0.3 is 0 Å². The van der Waals surface area contributed by atoms with Crippen LogP contribution in [-0.4, -0.2) is 16.7 Å². The first-order valence-corrected chi connectivity index (χ1v) is 4.85. The van der Waals surface area contributed by atoms with Crippen molar-refractivity contribution in [1.29, 1.82) is 0 Å². The van der Waals surface area contributed by atoms with E-state index >= 15 is 0 Å². The molecule has 0 saturated carbocycles.